The Morgan fingerprint density at radius 1 is 1.17 bits per heavy atom. The van der Waals surface area contributed by atoms with Gasteiger partial charge >= 0.3 is 5.97 Å². The summed E-state index contributed by atoms with van der Waals surface area (Å²) in [5.41, 5.74) is 1.36. The van der Waals surface area contributed by atoms with E-state index < -0.39 is 23.7 Å². The third-order valence-corrected chi connectivity index (χ3v) is 7.17. The second-order valence-corrected chi connectivity index (χ2v) is 10.5. The van der Waals surface area contributed by atoms with Gasteiger partial charge in [0.2, 0.25) is 0 Å². The van der Waals surface area contributed by atoms with Crippen LogP contribution in [0.2, 0.25) is 10.0 Å². The lowest BCUT2D eigenvalue weighted by molar-refractivity contribution is -0.150. The maximum absolute atomic E-state index is 12.8. The van der Waals surface area contributed by atoms with E-state index >= 15 is 0 Å². The molecule has 11 heteroatoms. The smallest absolute Gasteiger partial charge is 0.326 e. The fourth-order valence-electron chi connectivity index (χ4n) is 3.12. The van der Waals surface area contributed by atoms with Gasteiger partial charge in [-0.3, -0.25) is 19.3 Å². The Hall–Kier alpha value is -2.20. The first-order valence-electron chi connectivity index (χ1n) is 11.1. The summed E-state index contributed by atoms with van der Waals surface area (Å²) in [5.74, 6) is -0.282. The predicted molar refractivity (Wildman–Crippen MR) is 145 cm³/mol. The van der Waals surface area contributed by atoms with Gasteiger partial charge in [-0.1, -0.05) is 36.2 Å². The first kappa shape index (κ1) is 28.4. The largest absolute Gasteiger partial charge is 0.490 e. The highest BCUT2D eigenvalue weighted by atomic mass is 79.9. The van der Waals surface area contributed by atoms with Crippen molar-refractivity contribution in [3.8, 4) is 11.5 Å². The van der Waals surface area contributed by atoms with Crippen LogP contribution in [0.25, 0.3) is 6.08 Å². The maximum atomic E-state index is 12.8. The van der Waals surface area contributed by atoms with Crippen molar-refractivity contribution in [2.24, 2.45) is 0 Å². The number of rotatable bonds is 10. The SMILES string of the molecule is CCOc1cc(/C=C2\SC(=O)N(CC(=O)O[C@@H](C)CC)C2=O)cc(Br)c1OCc1ccc(Cl)cc1Cl. The fraction of sp³-hybridized carbons (Fsp3) is 0.320. The summed E-state index contributed by atoms with van der Waals surface area (Å²) in [7, 11) is 0. The van der Waals surface area contributed by atoms with Crippen molar-refractivity contribution in [1.29, 1.82) is 0 Å². The van der Waals surface area contributed by atoms with Gasteiger partial charge < -0.3 is 14.2 Å². The van der Waals surface area contributed by atoms with Gasteiger partial charge in [0, 0.05) is 15.6 Å². The van der Waals surface area contributed by atoms with Gasteiger partial charge in [0.1, 0.15) is 13.2 Å². The molecule has 1 atom stereocenters. The van der Waals surface area contributed by atoms with E-state index in [1.165, 1.54) is 0 Å². The monoisotopic (exact) mass is 615 g/mol. The van der Waals surface area contributed by atoms with E-state index in [1.807, 2.05) is 13.8 Å². The number of ether oxygens (including phenoxy) is 3. The van der Waals surface area contributed by atoms with Crippen LogP contribution in [0.5, 0.6) is 11.5 Å². The van der Waals surface area contributed by atoms with E-state index in [4.69, 9.17) is 37.4 Å². The number of nitrogens with zero attached hydrogens (tertiary/aromatic N) is 1. The summed E-state index contributed by atoms with van der Waals surface area (Å²) in [6.45, 7) is 5.59. The van der Waals surface area contributed by atoms with Gasteiger partial charge in [0.25, 0.3) is 11.1 Å². The van der Waals surface area contributed by atoms with Gasteiger partial charge in [0.05, 0.1) is 22.1 Å². The van der Waals surface area contributed by atoms with Crippen molar-refractivity contribution < 1.29 is 28.6 Å². The molecule has 0 N–H and O–H groups in total. The number of benzene rings is 2. The zero-order chi connectivity index (χ0) is 26.4. The minimum atomic E-state index is -0.628. The average Bonchev–Trinajstić information content (AvgIpc) is 3.07. The van der Waals surface area contributed by atoms with Crippen molar-refractivity contribution in [3.63, 3.8) is 0 Å². The summed E-state index contributed by atoms with van der Waals surface area (Å²) in [4.78, 5) is 38.3. The lowest BCUT2D eigenvalue weighted by atomic mass is 10.1. The molecule has 1 aliphatic heterocycles. The topological polar surface area (TPSA) is 82.1 Å². The Kier molecular flexibility index (Phi) is 10.1. The van der Waals surface area contributed by atoms with E-state index in [0.717, 1.165) is 22.2 Å². The maximum Gasteiger partial charge on any atom is 0.326 e. The standard InChI is InChI=1S/C25H24BrCl2NO6S/c1-4-14(3)35-22(30)12-29-24(31)21(36-25(29)32)10-15-8-18(26)23(20(9-15)33-5-2)34-13-16-6-7-17(27)11-19(16)28/h6-11,14H,4-5,12-13H2,1-3H3/b21-10-/t14-/m0/s1. The minimum absolute atomic E-state index is 0.180. The number of thioether (sulfide) groups is 1. The molecular weight excluding hydrogens is 593 g/mol. The zero-order valence-electron chi connectivity index (χ0n) is 19.8. The van der Waals surface area contributed by atoms with Gasteiger partial charge in [0.15, 0.2) is 11.5 Å². The summed E-state index contributed by atoms with van der Waals surface area (Å²) in [5, 5.41) is 0.481. The van der Waals surface area contributed by atoms with Gasteiger partial charge in [-0.25, -0.2) is 0 Å². The molecule has 0 aromatic heterocycles. The van der Waals surface area contributed by atoms with Crippen molar-refractivity contribution in [3.05, 3.63) is 60.9 Å². The molecule has 1 heterocycles. The van der Waals surface area contributed by atoms with E-state index in [1.54, 1.807) is 43.3 Å². The highest BCUT2D eigenvalue weighted by Crippen LogP contribution is 2.40. The van der Waals surface area contributed by atoms with Crippen LogP contribution in [-0.4, -0.2) is 41.3 Å². The van der Waals surface area contributed by atoms with Crippen LogP contribution < -0.4 is 9.47 Å². The zero-order valence-corrected chi connectivity index (χ0v) is 23.7. The van der Waals surface area contributed by atoms with Crippen LogP contribution >= 0.6 is 50.9 Å². The minimum Gasteiger partial charge on any atom is -0.490 e. The van der Waals surface area contributed by atoms with E-state index in [0.29, 0.717) is 44.6 Å². The highest BCUT2D eigenvalue weighted by molar-refractivity contribution is 9.10. The molecule has 3 rings (SSSR count). The molecule has 2 amide bonds. The number of halogens is 3. The predicted octanol–water partition coefficient (Wildman–Crippen LogP) is 7.11. The van der Waals surface area contributed by atoms with E-state index in [9.17, 15) is 14.4 Å². The number of esters is 1. The van der Waals surface area contributed by atoms with Crippen molar-refractivity contribution >= 4 is 74.1 Å². The number of amides is 2. The second-order valence-electron chi connectivity index (χ2n) is 7.76. The first-order chi connectivity index (χ1) is 17.1. The highest BCUT2D eigenvalue weighted by Gasteiger charge is 2.37. The third kappa shape index (κ3) is 7.18. The number of hydrogen-bond acceptors (Lipinski definition) is 7. The Labute approximate surface area is 232 Å². The summed E-state index contributed by atoms with van der Waals surface area (Å²) in [6.07, 6.45) is 1.91. The summed E-state index contributed by atoms with van der Waals surface area (Å²) < 4.78 is 17.5. The first-order valence-corrected chi connectivity index (χ1v) is 13.5. The lowest BCUT2D eigenvalue weighted by Gasteiger charge is -2.16. The van der Waals surface area contributed by atoms with Gasteiger partial charge in [-0.2, -0.15) is 0 Å². The van der Waals surface area contributed by atoms with Crippen LogP contribution in [0.1, 0.15) is 38.3 Å². The molecule has 0 saturated carbocycles. The molecule has 1 saturated heterocycles. The molecule has 192 valence electrons. The van der Waals surface area contributed by atoms with Crippen molar-refractivity contribution in [2.75, 3.05) is 13.2 Å². The Balaban J connectivity index is 1.80. The normalized spacial score (nSPS) is 15.4. The number of carbonyl (C=O) groups excluding carboxylic acids is 3. The quantitative estimate of drug-likeness (QED) is 0.208. The molecular formula is C25H24BrCl2NO6S. The summed E-state index contributed by atoms with van der Waals surface area (Å²) >= 11 is 16.5. The van der Waals surface area contributed by atoms with Crippen LogP contribution in [0.15, 0.2) is 39.7 Å². The van der Waals surface area contributed by atoms with Gasteiger partial charge in [-0.05, 0) is 83.9 Å². The van der Waals surface area contributed by atoms with Crippen LogP contribution in [0.4, 0.5) is 4.79 Å². The van der Waals surface area contributed by atoms with E-state index in [-0.39, 0.29) is 17.6 Å². The van der Waals surface area contributed by atoms with Crippen molar-refractivity contribution in [1.82, 2.24) is 4.90 Å². The Bertz CT molecular complexity index is 1210. The number of imide groups is 1. The number of carbonyl (C=O) groups is 3. The summed E-state index contributed by atoms with van der Waals surface area (Å²) in [6, 6.07) is 8.60. The molecule has 2 aromatic rings. The van der Waals surface area contributed by atoms with Gasteiger partial charge in [-0.15, -0.1) is 0 Å². The average molecular weight is 617 g/mol. The third-order valence-electron chi connectivity index (χ3n) is 5.08. The molecule has 1 aliphatic rings. The lowest BCUT2D eigenvalue weighted by Crippen LogP contribution is -2.35. The Morgan fingerprint density at radius 3 is 2.58 bits per heavy atom. The molecule has 0 spiro atoms. The fourth-order valence-corrected chi connectivity index (χ4v) is 5.00. The number of hydrogen-bond donors (Lipinski definition) is 0. The van der Waals surface area contributed by atoms with Crippen LogP contribution in [0, 0.1) is 0 Å². The van der Waals surface area contributed by atoms with Crippen molar-refractivity contribution in [2.45, 2.75) is 39.9 Å². The molecule has 1 fully saturated rings. The second kappa shape index (κ2) is 12.9. The molecule has 0 unspecified atom stereocenters. The molecule has 36 heavy (non-hydrogen) atoms. The van der Waals surface area contributed by atoms with Crippen LogP contribution in [-0.2, 0) is 20.9 Å². The molecule has 0 radical (unpaired) electrons. The van der Waals surface area contributed by atoms with Crippen LogP contribution in [0.3, 0.4) is 0 Å². The molecule has 7 nitrogen and oxygen atoms in total. The Morgan fingerprint density at radius 2 is 1.92 bits per heavy atom. The molecule has 0 aliphatic carbocycles. The van der Waals surface area contributed by atoms with E-state index in [2.05, 4.69) is 15.9 Å². The molecule has 2 aromatic carbocycles. The molecule has 0 bridgehead atoms.